The Labute approximate surface area is 202 Å². The molecule has 0 unspecified atom stereocenters. The maximum absolute atomic E-state index is 12.6. The van der Waals surface area contributed by atoms with E-state index in [1.165, 1.54) is 11.8 Å². The molecule has 10 heteroatoms. The first-order valence-corrected chi connectivity index (χ1v) is 11.8. The molecule has 3 rings (SSSR count). The zero-order chi connectivity index (χ0) is 24.0. The van der Waals surface area contributed by atoms with Crippen molar-refractivity contribution in [3.8, 4) is 5.75 Å². The summed E-state index contributed by atoms with van der Waals surface area (Å²) < 4.78 is 7.01. The molecule has 2 amide bonds. The molecule has 2 aromatic carbocycles. The highest BCUT2D eigenvalue weighted by molar-refractivity contribution is 7.99. The molecule has 174 valence electrons. The van der Waals surface area contributed by atoms with E-state index < -0.39 is 0 Å². The van der Waals surface area contributed by atoms with Gasteiger partial charge in [-0.3, -0.25) is 9.59 Å². The van der Waals surface area contributed by atoms with Crippen molar-refractivity contribution in [1.29, 1.82) is 0 Å². The Bertz CT molecular complexity index is 1130. The zero-order valence-electron chi connectivity index (χ0n) is 18.9. The van der Waals surface area contributed by atoms with Gasteiger partial charge in [0.15, 0.2) is 11.0 Å². The topological polar surface area (TPSA) is 98.1 Å². The van der Waals surface area contributed by atoms with E-state index >= 15 is 0 Å². The summed E-state index contributed by atoms with van der Waals surface area (Å²) in [5, 5.41) is 15.5. The molecule has 0 aliphatic heterocycles. The molecule has 3 aromatic rings. The lowest BCUT2D eigenvalue weighted by Gasteiger charge is -2.15. The molecular formula is C23H26ClN5O3S. The molecule has 1 heterocycles. The highest BCUT2D eigenvalue weighted by Crippen LogP contribution is 2.23. The van der Waals surface area contributed by atoms with E-state index in [4.69, 9.17) is 16.3 Å². The number of anilines is 1. The van der Waals surface area contributed by atoms with E-state index in [0.29, 0.717) is 39.5 Å². The van der Waals surface area contributed by atoms with E-state index in [1.807, 2.05) is 37.5 Å². The number of hydrogen-bond acceptors (Lipinski definition) is 6. The van der Waals surface area contributed by atoms with E-state index in [-0.39, 0.29) is 23.6 Å². The first kappa shape index (κ1) is 24.6. The van der Waals surface area contributed by atoms with Crippen LogP contribution < -0.4 is 15.4 Å². The summed E-state index contributed by atoms with van der Waals surface area (Å²) in [7, 11) is 1.58. The number of amides is 2. The van der Waals surface area contributed by atoms with Gasteiger partial charge in [-0.05, 0) is 62.7 Å². The Hall–Kier alpha value is -3.04. The summed E-state index contributed by atoms with van der Waals surface area (Å²) in [6.07, 6.45) is 0. The van der Waals surface area contributed by atoms with Crippen molar-refractivity contribution in [1.82, 2.24) is 20.1 Å². The Kier molecular flexibility index (Phi) is 8.35. The summed E-state index contributed by atoms with van der Waals surface area (Å²) in [4.78, 5) is 25.0. The van der Waals surface area contributed by atoms with Crippen molar-refractivity contribution < 1.29 is 14.3 Å². The molecule has 0 bridgehead atoms. The van der Waals surface area contributed by atoms with Gasteiger partial charge in [0.1, 0.15) is 5.75 Å². The van der Waals surface area contributed by atoms with Crippen molar-refractivity contribution >= 4 is 40.9 Å². The van der Waals surface area contributed by atoms with Crippen LogP contribution in [0.4, 0.5) is 5.69 Å². The molecular weight excluding hydrogens is 462 g/mol. The third-order valence-electron chi connectivity index (χ3n) is 4.94. The SMILES string of the molecule is CCn1c(SCC(=O)Nc2ccc(C)c(Cl)c2)nnc1[C@@H](C)NC(=O)c1ccc(OC)cc1. The number of rotatable bonds is 9. The van der Waals surface area contributed by atoms with Crippen LogP contribution in [0.15, 0.2) is 47.6 Å². The fourth-order valence-corrected chi connectivity index (χ4v) is 4.10. The maximum atomic E-state index is 12.6. The van der Waals surface area contributed by atoms with Crippen LogP contribution in [-0.4, -0.2) is 39.4 Å². The Morgan fingerprint density at radius 2 is 1.91 bits per heavy atom. The first-order valence-electron chi connectivity index (χ1n) is 10.4. The minimum Gasteiger partial charge on any atom is -0.497 e. The molecule has 33 heavy (non-hydrogen) atoms. The van der Waals surface area contributed by atoms with E-state index in [9.17, 15) is 9.59 Å². The molecule has 8 nitrogen and oxygen atoms in total. The summed E-state index contributed by atoms with van der Waals surface area (Å²) in [6, 6.07) is 11.9. The molecule has 0 aliphatic carbocycles. The summed E-state index contributed by atoms with van der Waals surface area (Å²) in [5.74, 6) is 1.07. The quantitative estimate of drug-likeness (QED) is 0.431. The third-order valence-corrected chi connectivity index (χ3v) is 6.31. The number of carbonyl (C=O) groups is 2. The van der Waals surface area contributed by atoms with Crippen LogP contribution in [-0.2, 0) is 11.3 Å². The van der Waals surface area contributed by atoms with Crippen LogP contribution >= 0.6 is 23.4 Å². The van der Waals surface area contributed by atoms with Gasteiger partial charge in [0.25, 0.3) is 5.91 Å². The van der Waals surface area contributed by atoms with Crippen LogP contribution in [0.3, 0.4) is 0 Å². The standard InChI is InChI=1S/C23H26ClN5O3S/c1-5-29-21(15(3)25-22(31)16-7-10-18(32-4)11-8-16)27-28-23(29)33-13-20(30)26-17-9-6-14(2)19(24)12-17/h6-12,15H,5,13H2,1-4H3,(H,25,31)(H,26,30)/t15-/m1/s1. The Morgan fingerprint density at radius 1 is 1.18 bits per heavy atom. The second kappa shape index (κ2) is 11.2. The van der Waals surface area contributed by atoms with Gasteiger partial charge in [-0.25, -0.2) is 0 Å². The number of methoxy groups -OCH3 is 1. The van der Waals surface area contributed by atoms with E-state index in [0.717, 1.165) is 5.56 Å². The molecule has 1 aromatic heterocycles. The van der Waals surface area contributed by atoms with Crippen LogP contribution in [0.2, 0.25) is 5.02 Å². The molecule has 0 saturated heterocycles. The van der Waals surface area contributed by atoms with Gasteiger partial charge in [-0.1, -0.05) is 29.4 Å². The molecule has 0 saturated carbocycles. The molecule has 2 N–H and O–H groups in total. The average molecular weight is 488 g/mol. The first-order chi connectivity index (χ1) is 15.8. The fraction of sp³-hybridized carbons (Fsp3) is 0.304. The second-order valence-electron chi connectivity index (χ2n) is 7.31. The van der Waals surface area contributed by atoms with Crippen LogP contribution in [0.5, 0.6) is 5.75 Å². The van der Waals surface area contributed by atoms with Crippen LogP contribution in [0, 0.1) is 6.92 Å². The molecule has 0 radical (unpaired) electrons. The number of hydrogen-bond donors (Lipinski definition) is 2. The number of halogens is 1. The number of nitrogens with one attached hydrogen (secondary N) is 2. The van der Waals surface area contributed by atoms with Crippen LogP contribution in [0.1, 0.15) is 41.6 Å². The average Bonchev–Trinajstić information content (AvgIpc) is 3.23. The highest BCUT2D eigenvalue weighted by Gasteiger charge is 2.20. The predicted octanol–water partition coefficient (Wildman–Crippen LogP) is 4.49. The lowest BCUT2D eigenvalue weighted by atomic mass is 10.2. The van der Waals surface area contributed by atoms with E-state index in [2.05, 4.69) is 20.8 Å². The minimum absolute atomic E-state index is 0.163. The monoisotopic (exact) mass is 487 g/mol. The predicted molar refractivity (Wildman–Crippen MR) is 130 cm³/mol. The largest absolute Gasteiger partial charge is 0.497 e. The normalized spacial score (nSPS) is 11.7. The lowest BCUT2D eigenvalue weighted by Crippen LogP contribution is -2.28. The van der Waals surface area contributed by atoms with Gasteiger partial charge >= 0.3 is 0 Å². The number of ether oxygens (including phenoxy) is 1. The molecule has 0 spiro atoms. The second-order valence-corrected chi connectivity index (χ2v) is 8.66. The number of thioether (sulfide) groups is 1. The molecule has 0 aliphatic rings. The fourth-order valence-electron chi connectivity index (χ4n) is 3.11. The van der Waals surface area contributed by atoms with Gasteiger partial charge in [-0.2, -0.15) is 0 Å². The van der Waals surface area contributed by atoms with E-state index in [1.54, 1.807) is 37.4 Å². The maximum Gasteiger partial charge on any atom is 0.251 e. The van der Waals surface area contributed by atoms with Gasteiger partial charge in [0.05, 0.1) is 18.9 Å². The molecule has 1 atom stereocenters. The Balaban J connectivity index is 1.61. The summed E-state index contributed by atoms with van der Waals surface area (Å²) in [5.41, 5.74) is 2.11. The number of aromatic nitrogens is 3. The van der Waals surface area contributed by atoms with Crippen molar-refractivity contribution in [2.75, 3.05) is 18.2 Å². The third kappa shape index (κ3) is 6.27. The highest BCUT2D eigenvalue weighted by atomic mass is 35.5. The minimum atomic E-state index is -0.370. The summed E-state index contributed by atoms with van der Waals surface area (Å²) >= 11 is 7.40. The number of aryl methyl sites for hydroxylation is 1. The smallest absolute Gasteiger partial charge is 0.251 e. The van der Waals surface area contributed by atoms with Gasteiger partial charge < -0.3 is 19.9 Å². The molecule has 0 fully saturated rings. The Morgan fingerprint density at radius 3 is 2.55 bits per heavy atom. The van der Waals surface area contributed by atoms with Crippen molar-refractivity contribution in [3.63, 3.8) is 0 Å². The lowest BCUT2D eigenvalue weighted by molar-refractivity contribution is -0.113. The van der Waals surface area contributed by atoms with Crippen molar-refractivity contribution in [2.24, 2.45) is 0 Å². The van der Waals surface area contributed by atoms with Gasteiger partial charge in [0, 0.05) is 22.8 Å². The van der Waals surface area contributed by atoms with Crippen LogP contribution in [0.25, 0.3) is 0 Å². The number of nitrogens with zero attached hydrogens (tertiary/aromatic N) is 3. The zero-order valence-corrected chi connectivity index (χ0v) is 20.5. The van der Waals surface area contributed by atoms with Crippen molar-refractivity contribution in [2.45, 2.75) is 38.5 Å². The van der Waals surface area contributed by atoms with Crippen molar-refractivity contribution in [3.05, 3.63) is 64.4 Å². The summed E-state index contributed by atoms with van der Waals surface area (Å²) in [6.45, 7) is 6.31. The van der Waals surface area contributed by atoms with Gasteiger partial charge in [0.2, 0.25) is 5.91 Å². The number of benzene rings is 2. The van der Waals surface area contributed by atoms with Gasteiger partial charge in [-0.15, -0.1) is 10.2 Å². The number of carbonyl (C=O) groups excluding carboxylic acids is 2.